The Labute approximate surface area is 119 Å². The fourth-order valence-corrected chi connectivity index (χ4v) is 3.24. The van der Waals surface area contributed by atoms with E-state index in [1.807, 2.05) is 19.1 Å². The molecule has 4 heteroatoms. The van der Waals surface area contributed by atoms with Crippen LogP contribution in [0.2, 0.25) is 0 Å². The van der Waals surface area contributed by atoms with Crippen molar-refractivity contribution in [1.82, 2.24) is 4.90 Å². The van der Waals surface area contributed by atoms with Crippen molar-refractivity contribution in [3.63, 3.8) is 0 Å². The number of piperidine rings is 1. The molecular formula is C15H23NO2S. The quantitative estimate of drug-likeness (QED) is 0.750. The molecule has 1 aliphatic rings. The summed E-state index contributed by atoms with van der Waals surface area (Å²) in [6.45, 7) is 7.45. The summed E-state index contributed by atoms with van der Waals surface area (Å²) in [7, 11) is 0. The van der Waals surface area contributed by atoms with Gasteiger partial charge in [-0.1, -0.05) is 6.92 Å². The molecule has 106 valence electrons. The molecule has 0 spiro atoms. The summed E-state index contributed by atoms with van der Waals surface area (Å²) >= 11 is 1.59. The molecule has 0 saturated carbocycles. The van der Waals surface area contributed by atoms with Crippen molar-refractivity contribution in [2.45, 2.75) is 39.2 Å². The molecule has 1 aromatic rings. The van der Waals surface area contributed by atoms with Crippen LogP contribution < -0.4 is 0 Å². The highest BCUT2D eigenvalue weighted by Crippen LogP contribution is 2.18. The zero-order chi connectivity index (χ0) is 13.7. The minimum atomic E-state index is 0.245. The number of thiophene rings is 1. The number of hydrogen-bond donors (Lipinski definition) is 0. The smallest absolute Gasteiger partial charge is 0.186 e. The summed E-state index contributed by atoms with van der Waals surface area (Å²) in [4.78, 5) is 16.5. The van der Waals surface area contributed by atoms with Crippen molar-refractivity contribution < 1.29 is 9.53 Å². The Kier molecular flexibility index (Phi) is 5.55. The molecule has 1 aromatic heterocycles. The molecule has 0 amide bonds. The third-order valence-electron chi connectivity index (χ3n) is 3.40. The maximum Gasteiger partial charge on any atom is 0.186 e. The minimum Gasteiger partial charge on any atom is -0.377 e. The molecule has 3 nitrogen and oxygen atoms in total. The van der Waals surface area contributed by atoms with Gasteiger partial charge >= 0.3 is 0 Å². The van der Waals surface area contributed by atoms with E-state index in [4.69, 9.17) is 4.74 Å². The second kappa shape index (κ2) is 7.17. The van der Waals surface area contributed by atoms with Crippen molar-refractivity contribution in [3.8, 4) is 0 Å². The number of ether oxygens (including phenoxy) is 1. The van der Waals surface area contributed by atoms with E-state index in [0.717, 1.165) is 43.8 Å². The molecule has 2 heterocycles. The van der Waals surface area contributed by atoms with E-state index in [0.29, 0.717) is 12.6 Å². The highest BCUT2D eigenvalue weighted by Gasteiger charge is 2.22. The van der Waals surface area contributed by atoms with Gasteiger partial charge in [0.25, 0.3) is 0 Å². The van der Waals surface area contributed by atoms with Crippen LogP contribution in [0, 0.1) is 6.92 Å². The molecule has 0 aliphatic carbocycles. The number of rotatable bonds is 6. The predicted octanol–water partition coefficient (Wildman–Crippen LogP) is 3.13. The van der Waals surface area contributed by atoms with Crippen LogP contribution in [-0.4, -0.2) is 43.0 Å². The zero-order valence-electron chi connectivity index (χ0n) is 11.9. The molecular weight excluding hydrogens is 258 g/mol. The van der Waals surface area contributed by atoms with Gasteiger partial charge in [-0.3, -0.25) is 9.69 Å². The van der Waals surface area contributed by atoms with E-state index < -0.39 is 0 Å². The summed E-state index contributed by atoms with van der Waals surface area (Å²) in [5, 5.41) is 0. The monoisotopic (exact) mass is 281 g/mol. The number of aryl methyl sites for hydroxylation is 1. The van der Waals surface area contributed by atoms with Crippen LogP contribution in [-0.2, 0) is 4.74 Å². The van der Waals surface area contributed by atoms with Crippen LogP contribution in [0.3, 0.4) is 0 Å². The third-order valence-corrected chi connectivity index (χ3v) is 4.44. The zero-order valence-corrected chi connectivity index (χ0v) is 12.7. The molecule has 1 atom stereocenters. The van der Waals surface area contributed by atoms with Gasteiger partial charge in [0.05, 0.1) is 17.5 Å². The van der Waals surface area contributed by atoms with Crippen LogP contribution >= 0.6 is 11.3 Å². The highest BCUT2D eigenvalue weighted by molar-refractivity contribution is 7.14. The molecule has 1 fully saturated rings. The Balaban J connectivity index is 1.83. The lowest BCUT2D eigenvalue weighted by Gasteiger charge is -2.31. The minimum absolute atomic E-state index is 0.245. The van der Waals surface area contributed by atoms with Gasteiger partial charge in [0.1, 0.15) is 0 Å². The molecule has 19 heavy (non-hydrogen) atoms. The molecule has 0 aromatic carbocycles. The second-order valence-corrected chi connectivity index (χ2v) is 6.49. The van der Waals surface area contributed by atoms with Crippen molar-refractivity contribution in [3.05, 3.63) is 21.9 Å². The second-order valence-electron chi connectivity index (χ2n) is 5.20. The Hall–Kier alpha value is -0.710. The van der Waals surface area contributed by atoms with Gasteiger partial charge in [0.2, 0.25) is 0 Å². The lowest BCUT2D eigenvalue weighted by Crippen LogP contribution is -2.42. The number of Topliss-reactive ketones (excluding diaryl/α,β-unsaturated/α-hetero) is 1. The summed E-state index contributed by atoms with van der Waals surface area (Å²) in [6.07, 6.45) is 3.63. The fourth-order valence-electron chi connectivity index (χ4n) is 2.44. The number of hydrogen-bond acceptors (Lipinski definition) is 4. The first-order valence-electron chi connectivity index (χ1n) is 7.12. The number of ketones is 1. The van der Waals surface area contributed by atoms with Crippen LogP contribution in [0.15, 0.2) is 12.1 Å². The van der Waals surface area contributed by atoms with Crippen LogP contribution in [0.25, 0.3) is 0 Å². The highest BCUT2D eigenvalue weighted by atomic mass is 32.1. The van der Waals surface area contributed by atoms with Gasteiger partial charge in [0.15, 0.2) is 5.78 Å². The lowest BCUT2D eigenvalue weighted by atomic mass is 10.1. The van der Waals surface area contributed by atoms with Gasteiger partial charge in [-0.05, 0) is 44.9 Å². The first kappa shape index (κ1) is 14.7. The number of likely N-dealkylation sites (tertiary alicyclic amines) is 1. The van der Waals surface area contributed by atoms with E-state index in [2.05, 4.69) is 11.8 Å². The third kappa shape index (κ3) is 4.41. The molecule has 0 radical (unpaired) electrons. The van der Waals surface area contributed by atoms with Crippen molar-refractivity contribution in [2.75, 3.05) is 26.2 Å². The van der Waals surface area contributed by atoms with Crippen LogP contribution in [0.5, 0.6) is 0 Å². The Morgan fingerprint density at radius 3 is 3.05 bits per heavy atom. The van der Waals surface area contributed by atoms with Gasteiger partial charge in [-0.15, -0.1) is 11.3 Å². The Morgan fingerprint density at radius 1 is 1.53 bits per heavy atom. The van der Waals surface area contributed by atoms with Gasteiger partial charge in [0, 0.05) is 18.0 Å². The topological polar surface area (TPSA) is 29.5 Å². The van der Waals surface area contributed by atoms with E-state index in [1.165, 1.54) is 4.88 Å². The SMILES string of the molecule is CCCOC1CCCN(CC(=O)c2ccc(C)s2)C1. The summed E-state index contributed by atoms with van der Waals surface area (Å²) in [5.74, 6) is 0.245. The standard InChI is InChI=1S/C15H23NO2S/c1-3-9-18-13-5-4-8-16(10-13)11-14(17)15-7-6-12(2)19-15/h6-7,13H,3-5,8-11H2,1-2H3. The maximum atomic E-state index is 12.2. The number of carbonyl (C=O) groups is 1. The maximum absolute atomic E-state index is 12.2. The number of nitrogens with zero attached hydrogens (tertiary/aromatic N) is 1. The van der Waals surface area contributed by atoms with Crippen LogP contribution in [0.4, 0.5) is 0 Å². The van der Waals surface area contributed by atoms with Gasteiger partial charge in [-0.25, -0.2) is 0 Å². The molecule has 1 aliphatic heterocycles. The fraction of sp³-hybridized carbons (Fsp3) is 0.667. The molecule has 2 rings (SSSR count). The Morgan fingerprint density at radius 2 is 2.37 bits per heavy atom. The first-order valence-corrected chi connectivity index (χ1v) is 7.94. The molecule has 0 bridgehead atoms. The van der Waals surface area contributed by atoms with Crippen LogP contribution in [0.1, 0.15) is 40.7 Å². The lowest BCUT2D eigenvalue weighted by molar-refractivity contribution is 0.00134. The molecule has 1 saturated heterocycles. The largest absolute Gasteiger partial charge is 0.377 e. The average molecular weight is 281 g/mol. The average Bonchev–Trinajstić information content (AvgIpc) is 2.83. The van der Waals surface area contributed by atoms with Gasteiger partial charge in [-0.2, -0.15) is 0 Å². The summed E-state index contributed by atoms with van der Waals surface area (Å²) in [5.41, 5.74) is 0. The van der Waals surface area contributed by atoms with Crippen molar-refractivity contribution >= 4 is 17.1 Å². The first-order chi connectivity index (χ1) is 9.19. The Bertz CT molecular complexity index is 416. The van der Waals surface area contributed by atoms with E-state index in [9.17, 15) is 4.79 Å². The number of carbonyl (C=O) groups excluding carboxylic acids is 1. The van der Waals surface area contributed by atoms with E-state index in [-0.39, 0.29) is 5.78 Å². The normalized spacial score (nSPS) is 20.6. The van der Waals surface area contributed by atoms with Crippen molar-refractivity contribution in [1.29, 1.82) is 0 Å². The predicted molar refractivity (Wildman–Crippen MR) is 79.1 cm³/mol. The molecule has 1 unspecified atom stereocenters. The molecule has 0 N–H and O–H groups in total. The van der Waals surface area contributed by atoms with Crippen molar-refractivity contribution in [2.24, 2.45) is 0 Å². The van der Waals surface area contributed by atoms with E-state index in [1.54, 1.807) is 11.3 Å². The van der Waals surface area contributed by atoms with E-state index >= 15 is 0 Å². The van der Waals surface area contributed by atoms with Gasteiger partial charge < -0.3 is 4.74 Å². The summed E-state index contributed by atoms with van der Waals surface area (Å²) in [6, 6.07) is 3.96. The summed E-state index contributed by atoms with van der Waals surface area (Å²) < 4.78 is 5.80.